The maximum atomic E-state index is 12.1. The Hall–Kier alpha value is -1.33. The Labute approximate surface area is 135 Å². The lowest BCUT2D eigenvalue weighted by Crippen LogP contribution is -2.47. The molecule has 1 heterocycles. The number of nitrogens with two attached hydrogens (primary N) is 1. The zero-order chi connectivity index (χ0) is 15.5. The maximum absolute atomic E-state index is 12.1. The first kappa shape index (κ1) is 16.0. The van der Waals surface area contributed by atoms with E-state index in [9.17, 15) is 4.79 Å². The molecule has 2 rings (SSSR count). The van der Waals surface area contributed by atoms with Gasteiger partial charge in [0.05, 0.1) is 4.99 Å². The van der Waals surface area contributed by atoms with Crippen LogP contribution < -0.4 is 10.5 Å². The Balaban J connectivity index is 1.82. The predicted octanol–water partition coefficient (Wildman–Crippen LogP) is 2.63. The van der Waals surface area contributed by atoms with Crippen LogP contribution in [0.5, 0.6) is 5.75 Å². The van der Waals surface area contributed by atoms with E-state index in [4.69, 9.17) is 34.3 Å². The topological polar surface area (TPSA) is 55.6 Å². The Morgan fingerprint density at radius 1 is 1.38 bits per heavy atom. The molecular formula is C15H19ClN2O2S. The Kier molecular flexibility index (Phi) is 5.06. The second kappa shape index (κ2) is 6.62. The van der Waals surface area contributed by atoms with E-state index < -0.39 is 0 Å². The van der Waals surface area contributed by atoms with E-state index >= 15 is 0 Å². The van der Waals surface area contributed by atoms with Crippen LogP contribution >= 0.6 is 23.8 Å². The molecule has 0 saturated carbocycles. The lowest BCUT2D eigenvalue weighted by molar-refractivity contribution is -0.135. The Morgan fingerprint density at radius 2 is 1.95 bits per heavy atom. The number of benzene rings is 1. The van der Waals surface area contributed by atoms with Crippen molar-refractivity contribution in [3.8, 4) is 5.75 Å². The highest BCUT2D eigenvalue weighted by Crippen LogP contribution is 2.31. The predicted molar refractivity (Wildman–Crippen MR) is 87.7 cm³/mol. The fraction of sp³-hybridized carbons (Fsp3) is 0.467. The molecule has 0 spiro atoms. The molecule has 1 aromatic rings. The molecule has 1 fully saturated rings. The number of carbonyl (C=O) groups excluding carboxylic acids is 1. The summed E-state index contributed by atoms with van der Waals surface area (Å²) in [6.45, 7) is 3.42. The zero-order valence-electron chi connectivity index (χ0n) is 12.0. The monoisotopic (exact) mass is 326 g/mol. The molecule has 1 amide bonds. The van der Waals surface area contributed by atoms with Gasteiger partial charge in [-0.15, -0.1) is 0 Å². The van der Waals surface area contributed by atoms with Gasteiger partial charge in [-0.05, 0) is 37.1 Å². The number of hydrogen-bond acceptors (Lipinski definition) is 3. The van der Waals surface area contributed by atoms with Crippen molar-refractivity contribution in [2.75, 3.05) is 19.7 Å². The first-order chi connectivity index (χ1) is 9.90. The average molecular weight is 327 g/mol. The van der Waals surface area contributed by atoms with Crippen molar-refractivity contribution >= 4 is 34.7 Å². The summed E-state index contributed by atoms with van der Waals surface area (Å²) in [6, 6.07) is 6.96. The highest BCUT2D eigenvalue weighted by molar-refractivity contribution is 7.80. The van der Waals surface area contributed by atoms with Gasteiger partial charge in [0.2, 0.25) is 0 Å². The molecule has 0 atom stereocenters. The van der Waals surface area contributed by atoms with E-state index in [1.807, 2.05) is 0 Å². The van der Waals surface area contributed by atoms with Gasteiger partial charge in [0.15, 0.2) is 6.61 Å². The van der Waals surface area contributed by atoms with Gasteiger partial charge in [-0.3, -0.25) is 4.79 Å². The van der Waals surface area contributed by atoms with Gasteiger partial charge in [-0.2, -0.15) is 0 Å². The zero-order valence-corrected chi connectivity index (χ0v) is 13.5. The largest absolute Gasteiger partial charge is 0.484 e. The van der Waals surface area contributed by atoms with Crippen molar-refractivity contribution in [1.29, 1.82) is 0 Å². The number of nitrogens with zero attached hydrogens (tertiary/aromatic N) is 1. The first-order valence-electron chi connectivity index (χ1n) is 6.87. The van der Waals surface area contributed by atoms with Crippen molar-refractivity contribution in [3.05, 3.63) is 29.3 Å². The highest BCUT2D eigenvalue weighted by atomic mass is 35.5. The molecule has 1 aromatic carbocycles. The molecule has 1 saturated heterocycles. The van der Waals surface area contributed by atoms with Gasteiger partial charge < -0.3 is 15.4 Å². The van der Waals surface area contributed by atoms with Crippen LogP contribution in [0.25, 0.3) is 0 Å². The standard InChI is InChI=1S/C15H19ClN2O2S/c1-15(14(17)21)6-8-18(9-7-15)13(19)10-20-12-4-2-11(16)3-5-12/h2-5H,6-10H2,1H3,(H2,17,21). The molecule has 0 radical (unpaired) electrons. The average Bonchev–Trinajstić information content (AvgIpc) is 2.47. The van der Waals surface area contributed by atoms with Gasteiger partial charge in [0.1, 0.15) is 5.75 Å². The fourth-order valence-corrected chi connectivity index (χ4v) is 2.59. The van der Waals surface area contributed by atoms with Gasteiger partial charge in [-0.1, -0.05) is 30.7 Å². The summed E-state index contributed by atoms with van der Waals surface area (Å²) in [6.07, 6.45) is 1.60. The first-order valence-corrected chi connectivity index (χ1v) is 7.65. The lowest BCUT2D eigenvalue weighted by Gasteiger charge is -2.38. The minimum absolute atomic E-state index is 0.0186. The SMILES string of the molecule is CC1(C(N)=S)CCN(C(=O)COc2ccc(Cl)cc2)CC1. The van der Waals surface area contributed by atoms with Crippen LogP contribution in [0.4, 0.5) is 0 Å². The van der Waals surface area contributed by atoms with Gasteiger partial charge >= 0.3 is 0 Å². The molecule has 0 unspecified atom stereocenters. The molecule has 1 aliphatic rings. The number of thiocarbonyl (C=S) groups is 1. The van der Waals surface area contributed by atoms with Crippen LogP contribution in [0, 0.1) is 5.41 Å². The minimum Gasteiger partial charge on any atom is -0.484 e. The number of rotatable bonds is 4. The van der Waals surface area contributed by atoms with Crippen LogP contribution in [-0.2, 0) is 4.79 Å². The number of ether oxygens (including phenoxy) is 1. The van der Waals surface area contributed by atoms with E-state index in [2.05, 4.69) is 6.92 Å². The lowest BCUT2D eigenvalue weighted by atomic mass is 9.80. The van der Waals surface area contributed by atoms with Gasteiger partial charge in [-0.25, -0.2) is 0 Å². The number of amides is 1. The van der Waals surface area contributed by atoms with Gasteiger partial charge in [0.25, 0.3) is 5.91 Å². The maximum Gasteiger partial charge on any atom is 0.260 e. The van der Waals surface area contributed by atoms with E-state index in [1.165, 1.54) is 0 Å². The van der Waals surface area contributed by atoms with Crippen LogP contribution in [0.3, 0.4) is 0 Å². The minimum atomic E-state index is -0.136. The third-order valence-corrected chi connectivity index (χ3v) is 4.74. The molecule has 6 heteroatoms. The van der Waals surface area contributed by atoms with Gasteiger partial charge in [0, 0.05) is 23.5 Å². The molecule has 1 aliphatic heterocycles. The molecule has 0 aliphatic carbocycles. The number of hydrogen-bond donors (Lipinski definition) is 1. The molecule has 0 bridgehead atoms. The van der Waals surface area contributed by atoms with Crippen LogP contribution in [0.1, 0.15) is 19.8 Å². The third kappa shape index (κ3) is 4.08. The molecule has 114 valence electrons. The van der Waals surface area contributed by atoms with Crippen LogP contribution in [0.15, 0.2) is 24.3 Å². The summed E-state index contributed by atoms with van der Waals surface area (Å²) in [5.74, 6) is 0.618. The summed E-state index contributed by atoms with van der Waals surface area (Å²) >= 11 is 10.9. The van der Waals surface area contributed by atoms with Crippen molar-refractivity contribution in [2.24, 2.45) is 11.1 Å². The van der Waals surface area contributed by atoms with Crippen LogP contribution in [-0.4, -0.2) is 35.5 Å². The van der Waals surface area contributed by atoms with Crippen molar-refractivity contribution < 1.29 is 9.53 Å². The summed E-state index contributed by atoms with van der Waals surface area (Å²) in [4.78, 5) is 14.5. The number of halogens is 1. The quantitative estimate of drug-likeness (QED) is 0.864. The smallest absolute Gasteiger partial charge is 0.260 e. The summed E-state index contributed by atoms with van der Waals surface area (Å²) in [5, 5.41) is 0.641. The Morgan fingerprint density at radius 3 is 2.48 bits per heavy atom. The normalized spacial score (nSPS) is 17.3. The van der Waals surface area contributed by atoms with E-state index in [0.717, 1.165) is 12.8 Å². The Bertz CT molecular complexity index is 525. The number of carbonyl (C=O) groups is 1. The molecule has 0 aromatic heterocycles. The summed E-state index contributed by atoms with van der Waals surface area (Å²) in [5.41, 5.74) is 5.63. The van der Waals surface area contributed by atoms with Crippen molar-refractivity contribution in [2.45, 2.75) is 19.8 Å². The van der Waals surface area contributed by atoms with Crippen LogP contribution in [0.2, 0.25) is 5.02 Å². The van der Waals surface area contributed by atoms with E-state index in [-0.39, 0.29) is 17.9 Å². The van der Waals surface area contributed by atoms with Crippen molar-refractivity contribution in [3.63, 3.8) is 0 Å². The summed E-state index contributed by atoms with van der Waals surface area (Å²) < 4.78 is 5.48. The highest BCUT2D eigenvalue weighted by Gasteiger charge is 2.34. The second-order valence-corrected chi connectivity index (χ2v) is 6.42. The third-order valence-electron chi connectivity index (χ3n) is 3.99. The number of piperidine rings is 1. The molecule has 4 nitrogen and oxygen atoms in total. The molecular weight excluding hydrogens is 308 g/mol. The number of likely N-dealkylation sites (tertiary alicyclic amines) is 1. The van der Waals surface area contributed by atoms with Crippen molar-refractivity contribution in [1.82, 2.24) is 4.90 Å². The second-order valence-electron chi connectivity index (χ2n) is 5.55. The molecule has 2 N–H and O–H groups in total. The van der Waals surface area contributed by atoms with E-state index in [0.29, 0.717) is 28.9 Å². The van der Waals surface area contributed by atoms with E-state index in [1.54, 1.807) is 29.2 Å². The summed E-state index contributed by atoms with van der Waals surface area (Å²) in [7, 11) is 0. The fourth-order valence-electron chi connectivity index (χ4n) is 2.26. The molecule has 21 heavy (non-hydrogen) atoms.